The van der Waals surface area contributed by atoms with Crippen molar-refractivity contribution in [1.82, 2.24) is 9.97 Å². The van der Waals surface area contributed by atoms with Crippen LogP contribution in [0.25, 0.3) is 0 Å². The second kappa shape index (κ2) is 3.85. The van der Waals surface area contributed by atoms with Crippen LogP contribution in [0.2, 0.25) is 0 Å². The zero-order chi connectivity index (χ0) is 10.9. The molecule has 1 rings (SSSR count). The number of aromatic nitrogens is 2. The van der Waals surface area contributed by atoms with E-state index in [1.54, 1.807) is 0 Å². The minimum Gasteiger partial charge on any atom is -0.310 e. The highest BCUT2D eigenvalue weighted by molar-refractivity contribution is 9.10. The first-order chi connectivity index (χ1) is 6.29. The Bertz CT molecular complexity index is 390. The molecule has 0 unspecified atom stereocenters. The smallest absolute Gasteiger partial charge is 0.265 e. The lowest BCUT2D eigenvalue weighted by molar-refractivity contribution is 0.399. The van der Waals surface area contributed by atoms with Gasteiger partial charge in [-0.05, 0) is 28.3 Å². The SMILES string of the molecule is Cc1nc(CC(C)(C)C)[nH]c(=O)c1Br. The van der Waals surface area contributed by atoms with Gasteiger partial charge in [-0.1, -0.05) is 20.8 Å². The van der Waals surface area contributed by atoms with Crippen LogP contribution in [-0.4, -0.2) is 9.97 Å². The van der Waals surface area contributed by atoms with Gasteiger partial charge in [0, 0.05) is 6.42 Å². The van der Waals surface area contributed by atoms with E-state index in [2.05, 4.69) is 46.7 Å². The molecule has 0 bridgehead atoms. The van der Waals surface area contributed by atoms with E-state index in [0.29, 0.717) is 4.47 Å². The summed E-state index contributed by atoms with van der Waals surface area (Å²) in [6.07, 6.45) is 0.774. The second-order valence-corrected chi connectivity index (χ2v) is 5.44. The van der Waals surface area contributed by atoms with E-state index in [9.17, 15) is 4.79 Å². The molecule has 3 nitrogen and oxygen atoms in total. The largest absolute Gasteiger partial charge is 0.310 e. The highest BCUT2D eigenvalue weighted by Gasteiger charge is 2.14. The van der Waals surface area contributed by atoms with Crippen LogP contribution < -0.4 is 5.56 Å². The average Bonchev–Trinajstić information content (AvgIpc) is 1.96. The van der Waals surface area contributed by atoms with Crippen molar-refractivity contribution in [3.8, 4) is 0 Å². The maximum atomic E-state index is 11.4. The zero-order valence-corrected chi connectivity index (χ0v) is 10.5. The Morgan fingerprint density at radius 3 is 2.43 bits per heavy atom. The van der Waals surface area contributed by atoms with E-state index in [1.807, 2.05) is 6.92 Å². The third-order valence-corrected chi connectivity index (χ3v) is 2.71. The summed E-state index contributed by atoms with van der Waals surface area (Å²) in [6, 6.07) is 0. The summed E-state index contributed by atoms with van der Waals surface area (Å²) in [7, 11) is 0. The van der Waals surface area contributed by atoms with Gasteiger partial charge in [0.15, 0.2) is 0 Å². The Labute approximate surface area is 92.1 Å². The number of aryl methyl sites for hydroxylation is 1. The van der Waals surface area contributed by atoms with Crippen molar-refractivity contribution in [2.24, 2.45) is 5.41 Å². The van der Waals surface area contributed by atoms with Crippen LogP contribution in [0.1, 0.15) is 32.3 Å². The molecule has 0 spiro atoms. The molecule has 0 amide bonds. The molecule has 0 saturated heterocycles. The Morgan fingerprint density at radius 2 is 2.00 bits per heavy atom. The lowest BCUT2D eigenvalue weighted by Crippen LogP contribution is -2.19. The van der Waals surface area contributed by atoms with Gasteiger partial charge < -0.3 is 4.98 Å². The number of hydrogen-bond acceptors (Lipinski definition) is 2. The van der Waals surface area contributed by atoms with Crippen molar-refractivity contribution in [3.63, 3.8) is 0 Å². The molecule has 0 saturated carbocycles. The number of hydrogen-bond donors (Lipinski definition) is 1. The van der Waals surface area contributed by atoms with Crippen LogP contribution in [0.15, 0.2) is 9.27 Å². The lowest BCUT2D eigenvalue weighted by atomic mass is 9.92. The summed E-state index contributed by atoms with van der Waals surface area (Å²) < 4.78 is 0.523. The first-order valence-electron chi connectivity index (χ1n) is 4.55. The van der Waals surface area contributed by atoms with Crippen LogP contribution in [0.3, 0.4) is 0 Å². The summed E-state index contributed by atoms with van der Waals surface area (Å²) in [6.45, 7) is 8.17. The first kappa shape index (κ1) is 11.4. The summed E-state index contributed by atoms with van der Waals surface area (Å²) in [5, 5.41) is 0. The van der Waals surface area contributed by atoms with Gasteiger partial charge in [-0.2, -0.15) is 0 Å². The number of nitrogens with zero attached hydrogens (tertiary/aromatic N) is 1. The zero-order valence-electron chi connectivity index (χ0n) is 8.94. The van der Waals surface area contributed by atoms with Crippen molar-refractivity contribution in [1.29, 1.82) is 0 Å². The van der Waals surface area contributed by atoms with E-state index < -0.39 is 0 Å². The Kier molecular flexibility index (Phi) is 3.14. The number of nitrogens with one attached hydrogen (secondary N) is 1. The van der Waals surface area contributed by atoms with Crippen LogP contribution in [0, 0.1) is 12.3 Å². The van der Waals surface area contributed by atoms with Crippen molar-refractivity contribution in [2.75, 3.05) is 0 Å². The van der Waals surface area contributed by atoms with Gasteiger partial charge in [-0.15, -0.1) is 0 Å². The fourth-order valence-electron chi connectivity index (χ4n) is 1.22. The van der Waals surface area contributed by atoms with Gasteiger partial charge in [-0.25, -0.2) is 4.98 Å². The first-order valence-corrected chi connectivity index (χ1v) is 5.34. The lowest BCUT2D eigenvalue weighted by Gasteiger charge is -2.17. The van der Waals surface area contributed by atoms with Gasteiger partial charge in [0.2, 0.25) is 0 Å². The fourth-order valence-corrected chi connectivity index (χ4v) is 1.40. The van der Waals surface area contributed by atoms with Crippen LogP contribution in [0.5, 0.6) is 0 Å². The van der Waals surface area contributed by atoms with Gasteiger partial charge in [0.25, 0.3) is 5.56 Å². The molecule has 1 heterocycles. The monoisotopic (exact) mass is 258 g/mol. The number of aromatic amines is 1. The summed E-state index contributed by atoms with van der Waals surface area (Å²) in [4.78, 5) is 18.5. The number of rotatable bonds is 1. The van der Waals surface area contributed by atoms with E-state index in [0.717, 1.165) is 17.9 Å². The minimum absolute atomic E-state index is 0.100. The molecule has 1 N–H and O–H groups in total. The molecule has 0 atom stereocenters. The van der Waals surface area contributed by atoms with Crippen molar-refractivity contribution in [2.45, 2.75) is 34.1 Å². The molecular weight excluding hydrogens is 244 g/mol. The molecule has 0 aliphatic heterocycles. The molecule has 0 aliphatic rings. The Morgan fingerprint density at radius 1 is 1.43 bits per heavy atom. The maximum absolute atomic E-state index is 11.4. The van der Waals surface area contributed by atoms with Gasteiger partial charge in [0.1, 0.15) is 10.3 Å². The molecule has 0 radical (unpaired) electrons. The van der Waals surface area contributed by atoms with Crippen molar-refractivity contribution in [3.05, 3.63) is 26.3 Å². The van der Waals surface area contributed by atoms with Crippen LogP contribution in [0.4, 0.5) is 0 Å². The molecule has 0 aliphatic carbocycles. The molecule has 1 aromatic heterocycles. The fraction of sp³-hybridized carbons (Fsp3) is 0.600. The van der Waals surface area contributed by atoms with Gasteiger partial charge in [0.05, 0.1) is 5.69 Å². The molecule has 4 heteroatoms. The normalized spacial score (nSPS) is 11.8. The third-order valence-electron chi connectivity index (χ3n) is 1.78. The van der Waals surface area contributed by atoms with Crippen molar-refractivity contribution >= 4 is 15.9 Å². The van der Waals surface area contributed by atoms with E-state index in [4.69, 9.17) is 0 Å². The average molecular weight is 259 g/mol. The van der Waals surface area contributed by atoms with Gasteiger partial charge in [-0.3, -0.25) is 4.79 Å². The maximum Gasteiger partial charge on any atom is 0.265 e. The molecule has 14 heavy (non-hydrogen) atoms. The summed E-state index contributed by atoms with van der Waals surface area (Å²) in [5.74, 6) is 0.753. The molecule has 1 aromatic rings. The number of halogens is 1. The third kappa shape index (κ3) is 2.94. The predicted molar refractivity (Wildman–Crippen MR) is 60.5 cm³/mol. The van der Waals surface area contributed by atoms with E-state index in [1.165, 1.54) is 0 Å². The standard InChI is InChI=1S/C10H15BrN2O/c1-6-8(11)9(14)13-7(12-6)5-10(2,3)4/h5H2,1-4H3,(H,12,13,14). The minimum atomic E-state index is -0.100. The quantitative estimate of drug-likeness (QED) is 0.841. The highest BCUT2D eigenvalue weighted by atomic mass is 79.9. The number of H-pyrrole nitrogens is 1. The Balaban J connectivity index is 3.08. The topological polar surface area (TPSA) is 45.8 Å². The molecule has 0 aromatic carbocycles. The second-order valence-electron chi connectivity index (χ2n) is 4.65. The van der Waals surface area contributed by atoms with Crippen LogP contribution in [-0.2, 0) is 6.42 Å². The Hall–Kier alpha value is -0.640. The van der Waals surface area contributed by atoms with Gasteiger partial charge >= 0.3 is 0 Å². The van der Waals surface area contributed by atoms with Crippen LogP contribution >= 0.6 is 15.9 Å². The molecule has 0 fully saturated rings. The molecular formula is C10H15BrN2O. The predicted octanol–water partition coefficient (Wildman–Crippen LogP) is 2.43. The highest BCUT2D eigenvalue weighted by Crippen LogP contribution is 2.18. The summed E-state index contributed by atoms with van der Waals surface area (Å²) >= 11 is 3.19. The van der Waals surface area contributed by atoms with Crippen molar-refractivity contribution < 1.29 is 0 Å². The molecule has 78 valence electrons. The van der Waals surface area contributed by atoms with E-state index in [-0.39, 0.29) is 11.0 Å². The summed E-state index contributed by atoms with van der Waals surface area (Å²) in [5.41, 5.74) is 0.778. The van der Waals surface area contributed by atoms with E-state index >= 15 is 0 Å².